The van der Waals surface area contributed by atoms with E-state index in [9.17, 15) is 9.59 Å². The average molecular weight is 431 g/mol. The Morgan fingerprint density at radius 1 is 1.19 bits per heavy atom. The highest BCUT2D eigenvalue weighted by Crippen LogP contribution is 2.30. The molecule has 0 saturated heterocycles. The van der Waals surface area contributed by atoms with Crippen molar-refractivity contribution in [2.24, 2.45) is 5.92 Å². The van der Waals surface area contributed by atoms with Crippen molar-refractivity contribution in [3.8, 4) is 17.3 Å². The first-order chi connectivity index (χ1) is 14.7. The van der Waals surface area contributed by atoms with Gasteiger partial charge >= 0.3 is 11.9 Å². The zero-order chi connectivity index (χ0) is 22.6. The maximum atomic E-state index is 12.6. The number of esters is 2. The van der Waals surface area contributed by atoms with Crippen molar-refractivity contribution >= 4 is 11.9 Å². The van der Waals surface area contributed by atoms with Crippen LogP contribution in [0.5, 0.6) is 5.88 Å². The first-order valence-corrected chi connectivity index (χ1v) is 10.5. The van der Waals surface area contributed by atoms with Crippen LogP contribution in [-0.4, -0.2) is 45.4 Å². The van der Waals surface area contributed by atoms with Crippen molar-refractivity contribution in [3.63, 3.8) is 0 Å². The number of carbonyl (C=O) groups is 2. The topological polar surface area (TPSA) is 114 Å². The van der Waals surface area contributed by atoms with Gasteiger partial charge in [-0.15, -0.1) is 0 Å². The van der Waals surface area contributed by atoms with Crippen molar-refractivity contribution < 1.29 is 28.3 Å². The third-order valence-corrected chi connectivity index (χ3v) is 4.86. The van der Waals surface area contributed by atoms with Gasteiger partial charge in [-0.3, -0.25) is 4.79 Å². The van der Waals surface area contributed by atoms with Crippen LogP contribution in [0.25, 0.3) is 11.5 Å². The summed E-state index contributed by atoms with van der Waals surface area (Å²) >= 11 is 0. The van der Waals surface area contributed by atoms with Crippen LogP contribution < -0.4 is 4.74 Å². The lowest BCUT2D eigenvalue weighted by Gasteiger charge is -2.27. The summed E-state index contributed by atoms with van der Waals surface area (Å²) in [6.45, 7) is 9.21. The van der Waals surface area contributed by atoms with Crippen LogP contribution in [0.2, 0.25) is 0 Å². The summed E-state index contributed by atoms with van der Waals surface area (Å²) in [5.74, 6) is -0.318. The highest BCUT2D eigenvalue weighted by molar-refractivity contribution is 5.96. The number of aryl methyl sites for hydroxylation is 1. The van der Waals surface area contributed by atoms with Crippen molar-refractivity contribution in [2.75, 3.05) is 6.61 Å². The predicted octanol–water partition coefficient (Wildman–Crippen LogP) is 3.90. The summed E-state index contributed by atoms with van der Waals surface area (Å²) < 4.78 is 21.8. The monoisotopic (exact) mass is 431 g/mol. The van der Waals surface area contributed by atoms with Crippen LogP contribution in [0.15, 0.2) is 16.9 Å². The molecule has 0 amide bonds. The SMILES string of the molecule is CCOC(=O)[C@H]1CCC[C@H](Oc2cnc(-c3onc(C)c3C(=O)OC(C)(C)C)cn2)C1. The van der Waals surface area contributed by atoms with Gasteiger partial charge in [-0.1, -0.05) is 5.16 Å². The van der Waals surface area contributed by atoms with E-state index in [2.05, 4.69) is 15.1 Å². The molecule has 2 aromatic heterocycles. The van der Waals surface area contributed by atoms with E-state index in [-0.39, 0.29) is 29.3 Å². The van der Waals surface area contributed by atoms with E-state index < -0.39 is 11.6 Å². The Morgan fingerprint density at radius 2 is 1.97 bits per heavy atom. The minimum atomic E-state index is -0.650. The van der Waals surface area contributed by atoms with Gasteiger partial charge in [0.05, 0.1) is 30.6 Å². The van der Waals surface area contributed by atoms with E-state index in [1.807, 2.05) is 0 Å². The Kier molecular flexibility index (Phi) is 6.92. The molecule has 0 aliphatic heterocycles. The molecule has 168 valence electrons. The molecule has 1 saturated carbocycles. The number of rotatable bonds is 6. The molecule has 1 aliphatic carbocycles. The van der Waals surface area contributed by atoms with E-state index in [1.54, 1.807) is 34.6 Å². The molecule has 2 heterocycles. The standard InChI is InChI=1S/C22H29N3O6/c1-6-28-20(26)14-8-7-9-15(10-14)29-17-12-23-16(11-24-17)19-18(13(2)25-31-19)21(27)30-22(3,4)5/h11-12,14-15H,6-10H2,1-5H3/t14-,15-/m0/s1. The van der Waals surface area contributed by atoms with Crippen molar-refractivity contribution in [2.45, 2.75) is 72.0 Å². The Bertz CT molecular complexity index is 916. The minimum absolute atomic E-state index is 0.131. The van der Waals surface area contributed by atoms with E-state index in [1.165, 1.54) is 12.4 Å². The van der Waals surface area contributed by atoms with Crippen LogP contribution >= 0.6 is 0 Å². The largest absolute Gasteiger partial charge is 0.473 e. The maximum absolute atomic E-state index is 12.6. The third kappa shape index (κ3) is 5.80. The smallest absolute Gasteiger partial charge is 0.344 e. The van der Waals surface area contributed by atoms with E-state index in [0.29, 0.717) is 30.3 Å². The predicted molar refractivity (Wildman–Crippen MR) is 110 cm³/mol. The van der Waals surface area contributed by atoms with Gasteiger partial charge in [-0.2, -0.15) is 0 Å². The summed E-state index contributed by atoms with van der Waals surface area (Å²) in [6.07, 6.45) is 5.93. The normalized spacial score (nSPS) is 19.0. The van der Waals surface area contributed by atoms with Crippen molar-refractivity contribution in [3.05, 3.63) is 23.7 Å². The zero-order valence-corrected chi connectivity index (χ0v) is 18.6. The number of aromatic nitrogens is 3. The quantitative estimate of drug-likeness (QED) is 0.628. The van der Waals surface area contributed by atoms with Gasteiger partial charge in [-0.05, 0) is 60.3 Å². The fraction of sp³-hybridized carbons (Fsp3) is 0.591. The second-order valence-electron chi connectivity index (χ2n) is 8.57. The third-order valence-electron chi connectivity index (χ3n) is 4.86. The second kappa shape index (κ2) is 9.45. The second-order valence-corrected chi connectivity index (χ2v) is 8.57. The van der Waals surface area contributed by atoms with Gasteiger partial charge in [0, 0.05) is 0 Å². The number of carbonyl (C=O) groups excluding carboxylic acids is 2. The Labute approximate surface area is 181 Å². The van der Waals surface area contributed by atoms with Crippen LogP contribution in [0.3, 0.4) is 0 Å². The van der Waals surface area contributed by atoms with Gasteiger partial charge in [-0.25, -0.2) is 14.8 Å². The van der Waals surface area contributed by atoms with Gasteiger partial charge in [0.25, 0.3) is 0 Å². The summed E-state index contributed by atoms with van der Waals surface area (Å²) in [4.78, 5) is 33.2. The molecule has 2 aromatic rings. The number of ether oxygens (including phenoxy) is 3. The van der Waals surface area contributed by atoms with E-state index in [0.717, 1.165) is 19.3 Å². The first kappa shape index (κ1) is 22.7. The van der Waals surface area contributed by atoms with Gasteiger partial charge in [0.2, 0.25) is 11.6 Å². The lowest BCUT2D eigenvalue weighted by Crippen LogP contribution is -2.31. The highest BCUT2D eigenvalue weighted by atomic mass is 16.6. The van der Waals surface area contributed by atoms with Crippen LogP contribution in [0.4, 0.5) is 0 Å². The molecule has 31 heavy (non-hydrogen) atoms. The zero-order valence-electron chi connectivity index (χ0n) is 18.6. The van der Waals surface area contributed by atoms with Gasteiger partial charge < -0.3 is 18.7 Å². The van der Waals surface area contributed by atoms with Crippen LogP contribution in [-0.2, 0) is 14.3 Å². The molecule has 1 aliphatic rings. The molecule has 3 rings (SSSR count). The number of hydrogen-bond acceptors (Lipinski definition) is 9. The number of nitrogens with zero attached hydrogens (tertiary/aromatic N) is 3. The van der Waals surface area contributed by atoms with Crippen molar-refractivity contribution in [1.29, 1.82) is 0 Å². The van der Waals surface area contributed by atoms with E-state index in [4.69, 9.17) is 18.7 Å². The molecule has 1 fully saturated rings. The summed E-state index contributed by atoms with van der Waals surface area (Å²) in [5, 5.41) is 3.88. The van der Waals surface area contributed by atoms with Crippen LogP contribution in [0, 0.1) is 12.8 Å². The molecule has 0 spiro atoms. The highest BCUT2D eigenvalue weighted by Gasteiger charge is 2.30. The molecule has 0 bridgehead atoms. The average Bonchev–Trinajstić information content (AvgIpc) is 3.09. The summed E-state index contributed by atoms with van der Waals surface area (Å²) in [6, 6.07) is 0. The molecule has 9 nitrogen and oxygen atoms in total. The Morgan fingerprint density at radius 3 is 2.61 bits per heavy atom. The number of hydrogen-bond donors (Lipinski definition) is 0. The molecule has 9 heteroatoms. The molecular weight excluding hydrogens is 402 g/mol. The van der Waals surface area contributed by atoms with Crippen LogP contribution in [0.1, 0.15) is 69.4 Å². The fourth-order valence-corrected chi connectivity index (χ4v) is 3.51. The molecule has 2 atom stereocenters. The Balaban J connectivity index is 1.70. The minimum Gasteiger partial charge on any atom is -0.473 e. The van der Waals surface area contributed by atoms with Gasteiger partial charge in [0.15, 0.2) is 0 Å². The molecule has 0 aromatic carbocycles. The fourth-order valence-electron chi connectivity index (χ4n) is 3.51. The molecule has 0 unspecified atom stereocenters. The summed E-state index contributed by atoms with van der Waals surface area (Å²) in [7, 11) is 0. The van der Waals surface area contributed by atoms with E-state index >= 15 is 0 Å². The van der Waals surface area contributed by atoms with Gasteiger partial charge in [0.1, 0.15) is 23.0 Å². The summed E-state index contributed by atoms with van der Waals surface area (Å²) in [5.41, 5.74) is 0.339. The lowest BCUT2D eigenvalue weighted by molar-refractivity contribution is -0.150. The first-order valence-electron chi connectivity index (χ1n) is 10.5. The Hall–Kier alpha value is -2.97. The molecule has 0 radical (unpaired) electrons. The maximum Gasteiger partial charge on any atom is 0.344 e. The van der Waals surface area contributed by atoms with Crippen molar-refractivity contribution in [1.82, 2.24) is 15.1 Å². The lowest BCUT2D eigenvalue weighted by atomic mass is 9.87. The molecular formula is C22H29N3O6. The molecule has 0 N–H and O–H groups in total.